The molecule has 0 amide bonds. The summed E-state index contributed by atoms with van der Waals surface area (Å²) in [5.74, 6) is 2.69. The van der Waals surface area contributed by atoms with Crippen molar-refractivity contribution in [1.29, 1.82) is 0 Å². The average Bonchev–Trinajstić information content (AvgIpc) is 3.29. The molecule has 172 valence electrons. The second-order valence-electron chi connectivity index (χ2n) is 7.49. The van der Waals surface area contributed by atoms with E-state index in [-0.39, 0.29) is 0 Å². The monoisotopic (exact) mass is 489 g/mol. The summed E-state index contributed by atoms with van der Waals surface area (Å²) >= 11 is 3.35. The van der Waals surface area contributed by atoms with Gasteiger partial charge in [0, 0.05) is 35.2 Å². The molecule has 0 saturated heterocycles. The number of anilines is 1. The van der Waals surface area contributed by atoms with Crippen LogP contribution in [0.2, 0.25) is 0 Å². The van der Waals surface area contributed by atoms with Gasteiger partial charge in [-0.15, -0.1) is 11.8 Å². The third kappa shape index (κ3) is 4.60. The molecule has 5 aromatic rings. The van der Waals surface area contributed by atoms with Crippen LogP contribution in [-0.2, 0) is 6.54 Å². The van der Waals surface area contributed by atoms with E-state index in [2.05, 4.69) is 40.8 Å². The molecule has 2 heterocycles. The van der Waals surface area contributed by atoms with Gasteiger partial charge in [-0.05, 0) is 48.2 Å². The normalized spacial score (nSPS) is 11.0. The molecule has 0 saturated carbocycles. The van der Waals surface area contributed by atoms with Crippen molar-refractivity contribution in [2.45, 2.75) is 11.4 Å². The number of nitrogens with zero attached hydrogens (tertiary/aromatic N) is 2. The van der Waals surface area contributed by atoms with Crippen LogP contribution in [0.25, 0.3) is 21.1 Å². The molecule has 0 bridgehead atoms. The van der Waals surface area contributed by atoms with Crippen LogP contribution < -0.4 is 19.5 Å². The van der Waals surface area contributed by atoms with Gasteiger partial charge in [0.05, 0.1) is 30.0 Å². The first-order chi connectivity index (χ1) is 16.7. The van der Waals surface area contributed by atoms with Crippen molar-refractivity contribution in [2.75, 3.05) is 25.8 Å². The average molecular weight is 490 g/mol. The Labute approximate surface area is 205 Å². The third-order valence-corrected chi connectivity index (χ3v) is 7.12. The van der Waals surface area contributed by atoms with Gasteiger partial charge in [0.15, 0.2) is 16.6 Å². The number of fused-ring (bicyclic) bond motifs is 2. The van der Waals surface area contributed by atoms with Crippen LogP contribution in [0, 0.1) is 0 Å². The molecule has 8 heteroatoms. The van der Waals surface area contributed by atoms with Gasteiger partial charge in [-0.3, -0.25) is 4.98 Å². The summed E-state index contributed by atoms with van der Waals surface area (Å²) < 4.78 is 18.2. The summed E-state index contributed by atoms with van der Waals surface area (Å²) in [6.07, 6.45) is 3.81. The van der Waals surface area contributed by atoms with Crippen LogP contribution in [-0.4, -0.2) is 30.4 Å². The zero-order valence-electron chi connectivity index (χ0n) is 19.0. The molecule has 0 atom stereocenters. The number of hydrogen-bond donors (Lipinski definition) is 1. The molecule has 1 N–H and O–H groups in total. The van der Waals surface area contributed by atoms with Crippen LogP contribution in [0.5, 0.6) is 23.0 Å². The molecule has 34 heavy (non-hydrogen) atoms. The summed E-state index contributed by atoms with van der Waals surface area (Å²) in [6.45, 7) is 0.728. The molecule has 3 aromatic carbocycles. The van der Waals surface area contributed by atoms with E-state index in [0.29, 0.717) is 17.2 Å². The lowest BCUT2D eigenvalue weighted by molar-refractivity contribution is 0.355. The van der Waals surface area contributed by atoms with E-state index in [1.165, 1.54) is 10.5 Å². The lowest BCUT2D eigenvalue weighted by atomic mass is 10.2. The molecule has 0 aliphatic rings. The number of pyridine rings is 1. The van der Waals surface area contributed by atoms with E-state index in [1.807, 2.05) is 36.4 Å². The van der Waals surface area contributed by atoms with Gasteiger partial charge in [0.2, 0.25) is 0 Å². The lowest BCUT2D eigenvalue weighted by Gasteiger charge is -2.12. The van der Waals surface area contributed by atoms with Crippen molar-refractivity contribution in [3.8, 4) is 23.0 Å². The van der Waals surface area contributed by atoms with Gasteiger partial charge in [-0.2, -0.15) is 0 Å². The van der Waals surface area contributed by atoms with Gasteiger partial charge < -0.3 is 19.5 Å². The largest absolute Gasteiger partial charge is 0.493 e. The van der Waals surface area contributed by atoms with Gasteiger partial charge >= 0.3 is 0 Å². The second kappa shape index (κ2) is 9.79. The smallest absolute Gasteiger partial charge is 0.184 e. The zero-order chi connectivity index (χ0) is 23.5. The first kappa shape index (κ1) is 22.3. The van der Waals surface area contributed by atoms with Crippen LogP contribution in [0.4, 0.5) is 5.13 Å². The van der Waals surface area contributed by atoms with Crippen LogP contribution >= 0.6 is 23.1 Å². The number of thioether (sulfide) groups is 1. The van der Waals surface area contributed by atoms with Crippen molar-refractivity contribution in [3.63, 3.8) is 0 Å². The molecule has 5 rings (SSSR count). The Balaban J connectivity index is 1.37. The number of benzene rings is 3. The first-order valence-electron chi connectivity index (χ1n) is 10.6. The van der Waals surface area contributed by atoms with E-state index in [9.17, 15) is 0 Å². The fourth-order valence-corrected chi connectivity index (χ4v) is 4.93. The standard InChI is InChI=1S/C26H23N3O3S2/c1-30-23-13-19-21(14-24(23)31-2)27-11-10-22(19)32-17-6-9-20-25(12-17)34-26(29-20)28-15-16-4-7-18(33-3)8-5-16/h4-14H,15H2,1-3H3,(H,28,29). The quantitative estimate of drug-likeness (QED) is 0.236. The highest BCUT2D eigenvalue weighted by atomic mass is 32.2. The highest BCUT2D eigenvalue weighted by Crippen LogP contribution is 2.38. The van der Waals surface area contributed by atoms with E-state index in [1.54, 1.807) is 43.5 Å². The fraction of sp³-hybridized carbons (Fsp3) is 0.154. The maximum atomic E-state index is 6.25. The molecular formula is C26H23N3O3S2. The Morgan fingerprint density at radius 2 is 1.68 bits per heavy atom. The SMILES string of the molecule is COc1cc2nccc(Oc3ccc4nc(NCc5ccc(SC)cc5)sc4c3)c2cc1OC. The van der Waals surface area contributed by atoms with Crippen LogP contribution in [0.1, 0.15) is 5.56 Å². The summed E-state index contributed by atoms with van der Waals surface area (Å²) in [7, 11) is 3.22. The number of methoxy groups -OCH3 is 2. The van der Waals surface area contributed by atoms with Crippen molar-refractivity contribution < 1.29 is 14.2 Å². The number of ether oxygens (including phenoxy) is 3. The van der Waals surface area contributed by atoms with Crippen molar-refractivity contribution in [2.24, 2.45) is 0 Å². The highest BCUT2D eigenvalue weighted by molar-refractivity contribution is 7.98. The molecular weight excluding hydrogens is 466 g/mol. The highest BCUT2D eigenvalue weighted by Gasteiger charge is 2.12. The second-order valence-corrected chi connectivity index (χ2v) is 9.40. The minimum absolute atomic E-state index is 0.629. The molecule has 0 spiro atoms. The Morgan fingerprint density at radius 3 is 2.44 bits per heavy atom. The Kier molecular flexibility index (Phi) is 6.42. The summed E-state index contributed by atoms with van der Waals surface area (Å²) in [5, 5.41) is 5.16. The molecule has 0 fully saturated rings. The minimum atomic E-state index is 0.629. The van der Waals surface area contributed by atoms with Gasteiger partial charge in [0.25, 0.3) is 0 Å². The molecule has 0 radical (unpaired) electrons. The topological polar surface area (TPSA) is 65.5 Å². The third-order valence-electron chi connectivity index (χ3n) is 5.40. The van der Waals surface area contributed by atoms with Crippen LogP contribution in [0.15, 0.2) is 71.8 Å². The number of rotatable bonds is 8. The van der Waals surface area contributed by atoms with Crippen molar-refractivity contribution >= 4 is 49.3 Å². The van der Waals surface area contributed by atoms with Gasteiger partial charge in [-0.1, -0.05) is 23.5 Å². The number of nitrogens with one attached hydrogen (secondary N) is 1. The summed E-state index contributed by atoms with van der Waals surface area (Å²) in [4.78, 5) is 10.4. The summed E-state index contributed by atoms with van der Waals surface area (Å²) in [5.41, 5.74) is 2.92. The zero-order valence-corrected chi connectivity index (χ0v) is 20.6. The van der Waals surface area contributed by atoms with Crippen molar-refractivity contribution in [1.82, 2.24) is 9.97 Å². The first-order valence-corrected chi connectivity index (χ1v) is 12.7. The van der Waals surface area contributed by atoms with E-state index >= 15 is 0 Å². The Hall–Kier alpha value is -3.49. The Bertz CT molecular complexity index is 1450. The maximum Gasteiger partial charge on any atom is 0.184 e. The molecule has 0 unspecified atom stereocenters. The molecule has 0 aliphatic carbocycles. The van der Waals surface area contributed by atoms with Gasteiger partial charge in [0.1, 0.15) is 11.5 Å². The number of aromatic nitrogens is 2. The van der Waals surface area contributed by atoms with Gasteiger partial charge in [-0.25, -0.2) is 4.98 Å². The fourth-order valence-electron chi connectivity index (χ4n) is 3.63. The minimum Gasteiger partial charge on any atom is -0.493 e. The summed E-state index contributed by atoms with van der Waals surface area (Å²) in [6, 6.07) is 20.1. The maximum absolute atomic E-state index is 6.25. The van der Waals surface area contributed by atoms with E-state index in [0.717, 1.165) is 38.5 Å². The van der Waals surface area contributed by atoms with E-state index in [4.69, 9.17) is 19.2 Å². The Morgan fingerprint density at radius 1 is 0.882 bits per heavy atom. The van der Waals surface area contributed by atoms with E-state index < -0.39 is 0 Å². The van der Waals surface area contributed by atoms with Crippen LogP contribution in [0.3, 0.4) is 0 Å². The molecule has 2 aromatic heterocycles. The molecule has 0 aliphatic heterocycles. The predicted octanol–water partition coefficient (Wildman–Crippen LogP) is 6.99. The predicted molar refractivity (Wildman–Crippen MR) is 140 cm³/mol. The number of hydrogen-bond acceptors (Lipinski definition) is 8. The lowest BCUT2D eigenvalue weighted by Crippen LogP contribution is -1.98. The number of thiazole rings is 1. The van der Waals surface area contributed by atoms with Crippen molar-refractivity contribution in [3.05, 3.63) is 72.4 Å². The molecule has 6 nitrogen and oxygen atoms in total.